The lowest BCUT2D eigenvalue weighted by molar-refractivity contribution is 0.112. The Hall–Kier alpha value is -3.24. The average molecular weight is 445 g/mol. The number of carbonyl (C=O) groups is 1. The highest BCUT2D eigenvalue weighted by Crippen LogP contribution is 2.24. The van der Waals surface area contributed by atoms with E-state index >= 15 is 0 Å². The largest absolute Gasteiger partial charge is 0.496 e. The first-order chi connectivity index (χ1) is 14.6. The van der Waals surface area contributed by atoms with Gasteiger partial charge in [0, 0.05) is 31.8 Å². The second-order valence-electron chi connectivity index (χ2n) is 7.07. The van der Waals surface area contributed by atoms with Crippen molar-refractivity contribution in [1.82, 2.24) is 13.4 Å². The summed E-state index contributed by atoms with van der Waals surface area (Å²) in [4.78, 5) is 36.9. The van der Waals surface area contributed by atoms with Crippen LogP contribution in [0.25, 0.3) is 11.0 Å². The summed E-state index contributed by atoms with van der Waals surface area (Å²) < 4.78 is 34.2. The molecule has 0 aliphatic rings. The number of ether oxygens (including phenoxy) is 1. The predicted molar refractivity (Wildman–Crippen MR) is 116 cm³/mol. The first kappa shape index (κ1) is 22.4. The summed E-state index contributed by atoms with van der Waals surface area (Å²) in [6, 6.07) is 9.05. The van der Waals surface area contributed by atoms with E-state index < -0.39 is 21.1 Å². The Morgan fingerprint density at radius 1 is 1.00 bits per heavy atom. The second-order valence-corrected chi connectivity index (χ2v) is 9.22. The van der Waals surface area contributed by atoms with Crippen molar-refractivity contribution in [3.63, 3.8) is 0 Å². The lowest BCUT2D eigenvalue weighted by atomic mass is 10.1. The lowest BCUT2D eigenvalue weighted by Gasteiger charge is -2.18. The third-order valence-electron chi connectivity index (χ3n) is 5.07. The van der Waals surface area contributed by atoms with Gasteiger partial charge in [0.05, 0.1) is 29.6 Å². The topological polar surface area (TPSA) is 108 Å². The third-order valence-corrected chi connectivity index (χ3v) is 6.88. The molecule has 0 aliphatic heterocycles. The number of aryl methyl sites for hydroxylation is 1. The highest BCUT2D eigenvalue weighted by atomic mass is 32.2. The van der Waals surface area contributed by atoms with Crippen molar-refractivity contribution in [2.75, 3.05) is 21.2 Å². The standard InChI is InChI=1S/C21H23N3O6S/c1-5-23-17-8-7-16(31(28,29)22(2)3)11-18(17)24(21(27)20(23)26)12-15-10-14(13-25)6-9-19(15)30-4/h6-11,13H,5,12H2,1-4H3. The van der Waals surface area contributed by atoms with Gasteiger partial charge in [-0.2, -0.15) is 0 Å². The van der Waals surface area contributed by atoms with Crippen LogP contribution in [-0.4, -0.2) is 49.3 Å². The number of aldehydes is 1. The maximum absolute atomic E-state index is 13.0. The van der Waals surface area contributed by atoms with Crippen molar-refractivity contribution in [1.29, 1.82) is 0 Å². The quantitative estimate of drug-likeness (QED) is 0.401. The van der Waals surface area contributed by atoms with Gasteiger partial charge in [-0.15, -0.1) is 0 Å². The molecule has 0 amide bonds. The summed E-state index contributed by atoms with van der Waals surface area (Å²) in [5.41, 5.74) is 0.0789. The molecular weight excluding hydrogens is 422 g/mol. The number of fused-ring (bicyclic) bond motifs is 1. The van der Waals surface area contributed by atoms with Crippen molar-refractivity contribution in [2.24, 2.45) is 0 Å². The molecule has 164 valence electrons. The van der Waals surface area contributed by atoms with Crippen LogP contribution in [0.4, 0.5) is 0 Å². The molecule has 0 N–H and O–H groups in total. The first-order valence-electron chi connectivity index (χ1n) is 9.47. The van der Waals surface area contributed by atoms with Crippen molar-refractivity contribution in [3.8, 4) is 5.75 Å². The van der Waals surface area contributed by atoms with E-state index in [0.717, 1.165) is 4.31 Å². The molecule has 0 atom stereocenters. The molecular formula is C21H23N3O6S. The number of sulfonamides is 1. The molecule has 0 saturated carbocycles. The molecule has 2 aromatic carbocycles. The summed E-state index contributed by atoms with van der Waals surface area (Å²) in [5, 5.41) is 0. The number of benzene rings is 2. The van der Waals surface area contributed by atoms with Gasteiger partial charge >= 0.3 is 11.1 Å². The van der Waals surface area contributed by atoms with Crippen LogP contribution >= 0.6 is 0 Å². The molecule has 0 unspecified atom stereocenters. The minimum absolute atomic E-state index is 0.00643. The van der Waals surface area contributed by atoms with Gasteiger partial charge in [0.15, 0.2) is 0 Å². The molecule has 1 aromatic heterocycles. The molecule has 0 spiro atoms. The van der Waals surface area contributed by atoms with Gasteiger partial charge in [0.25, 0.3) is 0 Å². The predicted octanol–water partition coefficient (Wildman–Crippen LogP) is 1.30. The number of methoxy groups -OCH3 is 1. The van der Waals surface area contributed by atoms with Crippen LogP contribution < -0.4 is 15.9 Å². The molecule has 0 saturated heterocycles. The Balaban J connectivity index is 2.38. The van der Waals surface area contributed by atoms with Crippen LogP contribution in [0.1, 0.15) is 22.8 Å². The normalized spacial score (nSPS) is 11.8. The van der Waals surface area contributed by atoms with E-state index in [1.165, 1.54) is 48.5 Å². The summed E-state index contributed by atoms with van der Waals surface area (Å²) in [5.74, 6) is 0.433. The lowest BCUT2D eigenvalue weighted by Crippen LogP contribution is -2.41. The summed E-state index contributed by atoms with van der Waals surface area (Å²) in [7, 11) is 0.515. The van der Waals surface area contributed by atoms with Crippen LogP contribution in [0.2, 0.25) is 0 Å². The minimum Gasteiger partial charge on any atom is -0.496 e. The maximum atomic E-state index is 13.0. The van der Waals surface area contributed by atoms with Crippen molar-refractivity contribution in [3.05, 3.63) is 68.2 Å². The summed E-state index contributed by atoms with van der Waals surface area (Å²) in [6.45, 7) is 1.90. The smallest absolute Gasteiger partial charge is 0.317 e. The third kappa shape index (κ3) is 3.91. The minimum atomic E-state index is -3.76. The maximum Gasteiger partial charge on any atom is 0.317 e. The van der Waals surface area contributed by atoms with E-state index in [4.69, 9.17) is 4.74 Å². The van der Waals surface area contributed by atoms with E-state index in [1.807, 2.05) is 0 Å². The molecule has 10 heteroatoms. The van der Waals surface area contributed by atoms with E-state index in [-0.39, 0.29) is 23.5 Å². The summed E-state index contributed by atoms with van der Waals surface area (Å²) >= 11 is 0. The fourth-order valence-electron chi connectivity index (χ4n) is 3.41. The zero-order chi connectivity index (χ0) is 22.9. The van der Waals surface area contributed by atoms with Crippen LogP contribution in [0, 0.1) is 0 Å². The van der Waals surface area contributed by atoms with Gasteiger partial charge in [-0.1, -0.05) is 0 Å². The Bertz CT molecular complexity index is 1390. The molecule has 0 aliphatic carbocycles. The van der Waals surface area contributed by atoms with E-state index in [9.17, 15) is 22.8 Å². The van der Waals surface area contributed by atoms with Gasteiger partial charge in [-0.3, -0.25) is 19.0 Å². The van der Waals surface area contributed by atoms with Gasteiger partial charge in [-0.25, -0.2) is 12.7 Å². The van der Waals surface area contributed by atoms with Gasteiger partial charge in [0.1, 0.15) is 12.0 Å². The average Bonchev–Trinajstić information content (AvgIpc) is 2.76. The molecule has 31 heavy (non-hydrogen) atoms. The Morgan fingerprint density at radius 2 is 1.68 bits per heavy atom. The highest BCUT2D eigenvalue weighted by molar-refractivity contribution is 7.89. The SMILES string of the molecule is CCn1c(=O)c(=O)n(Cc2cc(C=O)ccc2OC)c2cc(S(=O)(=O)N(C)C)ccc21. The number of rotatable bonds is 7. The monoisotopic (exact) mass is 445 g/mol. The molecule has 1 heterocycles. The Kier molecular flexibility index (Phi) is 6.14. The summed E-state index contributed by atoms with van der Waals surface area (Å²) in [6.07, 6.45) is 0.667. The van der Waals surface area contributed by atoms with E-state index in [2.05, 4.69) is 0 Å². The van der Waals surface area contributed by atoms with Crippen LogP contribution in [0.3, 0.4) is 0 Å². The number of aromatic nitrogens is 2. The first-order valence-corrected chi connectivity index (χ1v) is 10.9. The molecule has 3 aromatic rings. The molecule has 0 radical (unpaired) electrons. The van der Waals surface area contributed by atoms with Gasteiger partial charge < -0.3 is 9.30 Å². The van der Waals surface area contributed by atoms with E-state index in [0.29, 0.717) is 28.7 Å². The van der Waals surface area contributed by atoms with Crippen molar-refractivity contribution < 1.29 is 17.9 Å². The number of hydrogen-bond donors (Lipinski definition) is 0. The fraction of sp³-hybridized carbons (Fsp3) is 0.286. The number of carbonyl (C=O) groups excluding carboxylic acids is 1. The van der Waals surface area contributed by atoms with Crippen molar-refractivity contribution >= 4 is 27.3 Å². The van der Waals surface area contributed by atoms with Crippen LogP contribution in [0.15, 0.2) is 50.9 Å². The van der Waals surface area contributed by atoms with Crippen LogP contribution in [0.5, 0.6) is 5.75 Å². The second kappa shape index (κ2) is 8.48. The zero-order valence-electron chi connectivity index (χ0n) is 17.7. The Labute approximate surface area is 179 Å². The fourth-order valence-corrected chi connectivity index (χ4v) is 4.33. The molecule has 0 bridgehead atoms. The number of nitrogens with zero attached hydrogens (tertiary/aromatic N) is 3. The van der Waals surface area contributed by atoms with Crippen LogP contribution in [-0.2, 0) is 23.1 Å². The number of hydrogen-bond acceptors (Lipinski definition) is 6. The van der Waals surface area contributed by atoms with Gasteiger partial charge in [-0.05, 0) is 43.3 Å². The Morgan fingerprint density at radius 3 is 2.26 bits per heavy atom. The van der Waals surface area contributed by atoms with Gasteiger partial charge in [0.2, 0.25) is 10.0 Å². The zero-order valence-corrected chi connectivity index (χ0v) is 18.5. The van der Waals surface area contributed by atoms with Crippen molar-refractivity contribution in [2.45, 2.75) is 24.9 Å². The molecule has 0 fully saturated rings. The molecule has 3 rings (SSSR count). The highest BCUT2D eigenvalue weighted by Gasteiger charge is 2.21. The van der Waals surface area contributed by atoms with E-state index in [1.54, 1.807) is 25.1 Å². The molecule has 9 nitrogen and oxygen atoms in total.